The predicted molar refractivity (Wildman–Crippen MR) is 75.5 cm³/mol. The van der Waals surface area contributed by atoms with Crippen molar-refractivity contribution in [2.24, 2.45) is 0 Å². The van der Waals surface area contributed by atoms with Crippen LogP contribution >= 0.6 is 0 Å². The highest BCUT2D eigenvalue weighted by Gasteiger charge is 2.50. The summed E-state index contributed by atoms with van der Waals surface area (Å²) in [5.41, 5.74) is 2.27. The molecule has 0 bridgehead atoms. The van der Waals surface area contributed by atoms with Crippen molar-refractivity contribution in [2.75, 3.05) is 6.61 Å². The number of hydrogen-bond acceptors (Lipinski definition) is 5. The van der Waals surface area contributed by atoms with E-state index >= 15 is 0 Å². The summed E-state index contributed by atoms with van der Waals surface area (Å²) in [4.78, 5) is 0. The Morgan fingerprint density at radius 2 is 1.95 bits per heavy atom. The quantitative estimate of drug-likeness (QED) is 0.750. The Kier molecular flexibility index (Phi) is 4.28. The molecule has 1 aromatic carbocycles. The average molecular weight is 294 g/mol. The Bertz CT molecular complexity index is 462. The Morgan fingerprint density at radius 1 is 1.19 bits per heavy atom. The minimum absolute atomic E-state index is 0.0101. The molecule has 0 unspecified atom stereocenters. The van der Waals surface area contributed by atoms with E-state index in [0.29, 0.717) is 25.9 Å². The lowest BCUT2D eigenvalue weighted by Crippen LogP contribution is -2.59. The predicted octanol–water partition coefficient (Wildman–Crippen LogP) is 0.739. The van der Waals surface area contributed by atoms with Crippen LogP contribution in [0.15, 0.2) is 24.3 Å². The van der Waals surface area contributed by atoms with Gasteiger partial charge in [-0.05, 0) is 24.0 Å². The summed E-state index contributed by atoms with van der Waals surface area (Å²) in [6.07, 6.45) is -0.287. The van der Waals surface area contributed by atoms with E-state index in [1.54, 1.807) is 0 Å². The van der Waals surface area contributed by atoms with Crippen molar-refractivity contribution in [2.45, 2.75) is 56.4 Å². The highest BCUT2D eigenvalue weighted by Crippen LogP contribution is 2.38. The maximum absolute atomic E-state index is 10.4. The molecule has 1 spiro atoms. The minimum atomic E-state index is -1.18. The van der Waals surface area contributed by atoms with Gasteiger partial charge in [0, 0.05) is 19.4 Å². The molecular formula is C16H22O5. The number of fused-ring (bicyclic) bond motifs is 1. The molecular weight excluding hydrogens is 272 g/mol. The van der Waals surface area contributed by atoms with Gasteiger partial charge in [-0.2, -0.15) is 0 Å². The van der Waals surface area contributed by atoms with E-state index in [2.05, 4.69) is 6.07 Å². The van der Waals surface area contributed by atoms with Gasteiger partial charge in [0.05, 0.1) is 18.8 Å². The maximum Gasteiger partial charge on any atom is 0.197 e. The van der Waals surface area contributed by atoms with Crippen molar-refractivity contribution < 1.29 is 24.8 Å². The van der Waals surface area contributed by atoms with Crippen molar-refractivity contribution in [3.05, 3.63) is 35.4 Å². The van der Waals surface area contributed by atoms with E-state index in [4.69, 9.17) is 14.6 Å². The molecule has 2 aliphatic heterocycles. The lowest BCUT2D eigenvalue weighted by molar-refractivity contribution is -0.346. The molecule has 2 aliphatic rings. The third kappa shape index (κ3) is 2.84. The van der Waals surface area contributed by atoms with Crippen LogP contribution in [0.25, 0.3) is 0 Å². The first kappa shape index (κ1) is 14.9. The third-order valence-corrected chi connectivity index (χ3v) is 4.47. The molecule has 1 fully saturated rings. The number of aliphatic hydroxyl groups excluding tert-OH is 3. The zero-order valence-electron chi connectivity index (χ0n) is 11.9. The van der Waals surface area contributed by atoms with Crippen LogP contribution in [0.4, 0.5) is 0 Å². The van der Waals surface area contributed by atoms with Crippen LogP contribution in [-0.4, -0.2) is 46.0 Å². The van der Waals surface area contributed by atoms with Crippen LogP contribution in [0.2, 0.25) is 0 Å². The largest absolute Gasteiger partial charge is 0.396 e. The normalized spacial score (nSPS) is 36.2. The molecule has 5 nitrogen and oxygen atoms in total. The zero-order chi connectivity index (χ0) is 14.9. The molecule has 0 saturated carbocycles. The molecule has 4 atom stereocenters. The molecule has 2 heterocycles. The molecule has 0 aromatic heterocycles. The number of benzene rings is 1. The monoisotopic (exact) mass is 294 g/mol. The Balaban J connectivity index is 1.82. The summed E-state index contributed by atoms with van der Waals surface area (Å²) < 4.78 is 11.9. The van der Waals surface area contributed by atoms with Gasteiger partial charge in [0.1, 0.15) is 6.10 Å². The first-order valence-corrected chi connectivity index (χ1v) is 7.50. The van der Waals surface area contributed by atoms with E-state index in [1.807, 2.05) is 18.2 Å². The molecule has 5 heteroatoms. The minimum Gasteiger partial charge on any atom is -0.396 e. The van der Waals surface area contributed by atoms with Gasteiger partial charge in [-0.3, -0.25) is 0 Å². The molecule has 0 radical (unpaired) electrons. The maximum atomic E-state index is 10.4. The van der Waals surface area contributed by atoms with E-state index in [1.165, 1.54) is 5.56 Å². The van der Waals surface area contributed by atoms with Crippen LogP contribution in [-0.2, 0) is 22.5 Å². The highest BCUT2D eigenvalue weighted by molar-refractivity contribution is 5.27. The molecule has 3 N–H and O–H groups in total. The van der Waals surface area contributed by atoms with E-state index in [9.17, 15) is 10.2 Å². The summed E-state index contributed by atoms with van der Waals surface area (Å²) in [5, 5.41) is 29.6. The number of ether oxygens (including phenoxy) is 2. The van der Waals surface area contributed by atoms with Gasteiger partial charge in [0.15, 0.2) is 5.79 Å². The fourth-order valence-corrected chi connectivity index (χ4v) is 3.26. The van der Waals surface area contributed by atoms with Crippen LogP contribution < -0.4 is 0 Å². The first-order valence-electron chi connectivity index (χ1n) is 7.50. The van der Waals surface area contributed by atoms with Gasteiger partial charge < -0.3 is 24.8 Å². The summed E-state index contributed by atoms with van der Waals surface area (Å²) in [7, 11) is 0. The molecule has 116 valence electrons. The molecule has 3 rings (SSSR count). The number of aliphatic hydroxyl groups is 3. The van der Waals surface area contributed by atoms with Crippen LogP contribution in [0.3, 0.4) is 0 Å². The lowest BCUT2D eigenvalue weighted by atomic mass is 9.90. The van der Waals surface area contributed by atoms with Crippen molar-refractivity contribution in [1.82, 2.24) is 0 Å². The highest BCUT2D eigenvalue weighted by atomic mass is 16.7. The number of aryl methyl sites for hydroxylation is 1. The summed E-state index contributed by atoms with van der Waals surface area (Å²) in [6.45, 7) is 0.343. The SMILES string of the molecule is OCC[C@H]1C[C@H](O)[C@@H](O)[C@@]2(CCc3ccccc3CO2)O1. The van der Waals surface area contributed by atoms with Crippen molar-refractivity contribution in [3.8, 4) is 0 Å². The van der Waals surface area contributed by atoms with Gasteiger partial charge in [0.25, 0.3) is 0 Å². The second-order valence-electron chi connectivity index (χ2n) is 5.87. The summed E-state index contributed by atoms with van der Waals surface area (Å²) in [6, 6.07) is 8.00. The molecule has 0 amide bonds. The van der Waals surface area contributed by atoms with Gasteiger partial charge >= 0.3 is 0 Å². The smallest absolute Gasteiger partial charge is 0.197 e. The zero-order valence-corrected chi connectivity index (χ0v) is 11.9. The molecule has 1 saturated heterocycles. The van der Waals surface area contributed by atoms with Crippen LogP contribution in [0, 0.1) is 0 Å². The van der Waals surface area contributed by atoms with Gasteiger partial charge in [-0.25, -0.2) is 0 Å². The summed E-state index contributed by atoms with van der Waals surface area (Å²) in [5.74, 6) is -1.18. The van der Waals surface area contributed by atoms with E-state index in [-0.39, 0.29) is 12.7 Å². The summed E-state index contributed by atoms with van der Waals surface area (Å²) >= 11 is 0. The van der Waals surface area contributed by atoms with Crippen molar-refractivity contribution >= 4 is 0 Å². The second-order valence-corrected chi connectivity index (χ2v) is 5.87. The molecule has 0 aliphatic carbocycles. The van der Waals surface area contributed by atoms with Crippen LogP contribution in [0.1, 0.15) is 30.4 Å². The first-order chi connectivity index (χ1) is 10.1. The fourth-order valence-electron chi connectivity index (χ4n) is 3.26. The second kappa shape index (κ2) is 6.02. The van der Waals surface area contributed by atoms with E-state index < -0.39 is 18.0 Å². The Morgan fingerprint density at radius 3 is 2.71 bits per heavy atom. The Labute approximate surface area is 124 Å². The molecule has 1 aromatic rings. The topological polar surface area (TPSA) is 79.2 Å². The van der Waals surface area contributed by atoms with Gasteiger partial charge in [-0.1, -0.05) is 24.3 Å². The van der Waals surface area contributed by atoms with Crippen LogP contribution in [0.5, 0.6) is 0 Å². The van der Waals surface area contributed by atoms with Crippen molar-refractivity contribution in [3.63, 3.8) is 0 Å². The lowest BCUT2D eigenvalue weighted by Gasteiger charge is -2.46. The number of rotatable bonds is 2. The third-order valence-electron chi connectivity index (χ3n) is 4.47. The molecule has 21 heavy (non-hydrogen) atoms. The fraction of sp³-hybridized carbons (Fsp3) is 0.625. The van der Waals surface area contributed by atoms with Gasteiger partial charge in [0.2, 0.25) is 0 Å². The average Bonchev–Trinajstić information content (AvgIpc) is 2.67. The standard InChI is InChI=1S/C16H22O5/c17-8-6-13-9-14(18)15(19)16(21-13)7-5-11-3-1-2-4-12(11)10-20-16/h1-4,13-15,17-19H,5-10H2/t13-,14-,15+,16+/m0/s1. The Hall–Kier alpha value is -0.980. The van der Waals surface area contributed by atoms with Crippen molar-refractivity contribution in [1.29, 1.82) is 0 Å². The number of hydrogen-bond donors (Lipinski definition) is 3. The van der Waals surface area contributed by atoms with Gasteiger partial charge in [-0.15, -0.1) is 0 Å². The van der Waals surface area contributed by atoms with E-state index in [0.717, 1.165) is 12.0 Å².